The van der Waals surface area contributed by atoms with Gasteiger partial charge in [-0.2, -0.15) is 0 Å². The highest BCUT2D eigenvalue weighted by atomic mass is 16.6. The monoisotopic (exact) mass is 354 g/mol. The molecule has 0 radical (unpaired) electrons. The molecule has 2 aromatic carbocycles. The first-order valence-corrected chi connectivity index (χ1v) is 8.62. The van der Waals surface area contributed by atoms with Gasteiger partial charge in [0.15, 0.2) is 0 Å². The van der Waals surface area contributed by atoms with Crippen LogP contribution in [0.2, 0.25) is 0 Å². The van der Waals surface area contributed by atoms with Gasteiger partial charge in [0.2, 0.25) is 0 Å². The lowest BCUT2D eigenvalue weighted by molar-refractivity contribution is -0.143. The number of methoxy groups -OCH3 is 1. The number of hydrogen-bond acceptors (Lipinski definition) is 5. The van der Waals surface area contributed by atoms with E-state index in [2.05, 4.69) is 0 Å². The molecule has 0 N–H and O–H groups in total. The van der Waals surface area contributed by atoms with Crippen molar-refractivity contribution < 1.29 is 23.8 Å². The van der Waals surface area contributed by atoms with Crippen molar-refractivity contribution in [2.45, 2.75) is 25.4 Å². The Morgan fingerprint density at radius 2 is 1.50 bits per heavy atom. The Morgan fingerprint density at radius 3 is 2.04 bits per heavy atom. The quantitative estimate of drug-likeness (QED) is 0.538. The maximum absolute atomic E-state index is 11.9. The lowest BCUT2D eigenvalue weighted by Crippen LogP contribution is -2.12. The van der Waals surface area contributed by atoms with Crippen LogP contribution in [0.5, 0.6) is 0 Å². The summed E-state index contributed by atoms with van der Waals surface area (Å²) in [5.41, 5.74) is 4.07. The maximum atomic E-state index is 11.9. The predicted molar refractivity (Wildman–Crippen MR) is 95.8 cm³/mol. The van der Waals surface area contributed by atoms with Crippen LogP contribution in [0.15, 0.2) is 48.5 Å². The minimum absolute atomic E-state index is 0.0857. The van der Waals surface area contributed by atoms with E-state index in [0.717, 1.165) is 28.7 Å². The zero-order valence-corrected chi connectivity index (χ0v) is 14.8. The summed E-state index contributed by atoms with van der Waals surface area (Å²) in [7, 11) is 1.39. The van der Waals surface area contributed by atoms with E-state index in [4.69, 9.17) is 14.2 Å². The molecule has 0 bridgehead atoms. The summed E-state index contributed by atoms with van der Waals surface area (Å²) in [6, 6.07) is 15.8. The Kier molecular flexibility index (Phi) is 6.02. The second-order valence-electron chi connectivity index (χ2n) is 6.38. The van der Waals surface area contributed by atoms with Gasteiger partial charge in [0.1, 0.15) is 12.7 Å². The lowest BCUT2D eigenvalue weighted by Gasteiger charge is -2.08. The number of esters is 2. The Hall–Kier alpha value is -2.66. The summed E-state index contributed by atoms with van der Waals surface area (Å²) >= 11 is 0. The first kappa shape index (κ1) is 18.1. The number of carbonyl (C=O) groups is 2. The van der Waals surface area contributed by atoms with Crippen molar-refractivity contribution in [2.24, 2.45) is 0 Å². The predicted octanol–water partition coefficient (Wildman–Crippen LogP) is 2.48. The zero-order chi connectivity index (χ0) is 18.4. The molecular weight excluding hydrogens is 332 g/mol. The minimum atomic E-state index is -0.251. The van der Waals surface area contributed by atoms with Crippen LogP contribution in [-0.4, -0.2) is 38.4 Å². The van der Waals surface area contributed by atoms with E-state index < -0.39 is 0 Å². The topological polar surface area (TPSA) is 65.1 Å². The van der Waals surface area contributed by atoms with Crippen LogP contribution < -0.4 is 0 Å². The molecule has 0 aliphatic carbocycles. The molecule has 1 heterocycles. The van der Waals surface area contributed by atoms with E-state index in [1.165, 1.54) is 7.11 Å². The van der Waals surface area contributed by atoms with Crippen LogP contribution in [0, 0.1) is 0 Å². The van der Waals surface area contributed by atoms with Gasteiger partial charge >= 0.3 is 11.9 Å². The van der Waals surface area contributed by atoms with Gasteiger partial charge in [-0.15, -0.1) is 0 Å². The molecule has 1 unspecified atom stereocenters. The van der Waals surface area contributed by atoms with E-state index in [1.807, 2.05) is 48.5 Å². The number of ether oxygens (including phenoxy) is 3. The van der Waals surface area contributed by atoms with Crippen molar-refractivity contribution in [1.82, 2.24) is 0 Å². The fourth-order valence-corrected chi connectivity index (χ4v) is 2.74. The first-order chi connectivity index (χ1) is 12.6. The van der Waals surface area contributed by atoms with Crippen molar-refractivity contribution in [1.29, 1.82) is 0 Å². The third kappa shape index (κ3) is 5.70. The number of rotatable bonds is 8. The van der Waals surface area contributed by atoms with Gasteiger partial charge in [0.25, 0.3) is 0 Å². The van der Waals surface area contributed by atoms with Gasteiger partial charge in [-0.1, -0.05) is 48.5 Å². The van der Waals surface area contributed by atoms with Crippen molar-refractivity contribution in [3.05, 3.63) is 70.8 Å². The maximum Gasteiger partial charge on any atom is 0.310 e. The molecule has 1 aliphatic rings. The summed E-state index contributed by atoms with van der Waals surface area (Å²) in [4.78, 5) is 23.3. The Balaban J connectivity index is 1.60. The van der Waals surface area contributed by atoms with Crippen LogP contribution in [0.1, 0.15) is 22.3 Å². The van der Waals surface area contributed by atoms with E-state index in [9.17, 15) is 9.59 Å². The molecule has 26 heavy (non-hydrogen) atoms. The standard InChI is InChI=1S/C21H22O5/c1-24-20(22)11-17-6-2-4-15(9-17)8-16-5-3-7-18(10-16)12-21(23)26-14-19-13-25-19/h2-7,9-10,19H,8,11-14H2,1H3. The molecule has 1 fully saturated rings. The molecule has 0 amide bonds. The highest BCUT2D eigenvalue weighted by Crippen LogP contribution is 2.15. The minimum Gasteiger partial charge on any atom is -0.469 e. The SMILES string of the molecule is COC(=O)Cc1cccc(Cc2cccc(CC(=O)OCC3CO3)c2)c1. The molecule has 1 saturated heterocycles. The summed E-state index contributed by atoms with van der Waals surface area (Å²) in [5.74, 6) is -0.489. The van der Waals surface area contributed by atoms with Crippen molar-refractivity contribution in [2.75, 3.05) is 20.3 Å². The van der Waals surface area contributed by atoms with Crippen molar-refractivity contribution in [3.8, 4) is 0 Å². The molecule has 0 spiro atoms. The molecule has 5 nitrogen and oxygen atoms in total. The summed E-state index contributed by atoms with van der Waals surface area (Å²) in [6.07, 6.45) is 1.33. The third-order valence-corrected chi connectivity index (χ3v) is 4.15. The van der Waals surface area contributed by atoms with Crippen LogP contribution in [-0.2, 0) is 43.1 Å². The van der Waals surface area contributed by atoms with E-state index in [1.54, 1.807) is 0 Å². The van der Waals surface area contributed by atoms with Gasteiger partial charge in [-0.05, 0) is 28.7 Å². The number of carbonyl (C=O) groups excluding carboxylic acids is 2. The summed E-state index contributed by atoms with van der Waals surface area (Å²) < 4.78 is 14.9. The van der Waals surface area contributed by atoms with Crippen LogP contribution >= 0.6 is 0 Å². The molecule has 1 atom stereocenters. The Morgan fingerprint density at radius 1 is 0.962 bits per heavy atom. The molecular formula is C21H22O5. The van der Waals surface area contributed by atoms with Gasteiger partial charge in [-0.25, -0.2) is 0 Å². The van der Waals surface area contributed by atoms with Gasteiger partial charge < -0.3 is 14.2 Å². The molecule has 5 heteroatoms. The lowest BCUT2D eigenvalue weighted by atomic mass is 9.99. The molecule has 2 aromatic rings. The van der Waals surface area contributed by atoms with Crippen molar-refractivity contribution in [3.63, 3.8) is 0 Å². The van der Waals surface area contributed by atoms with Crippen LogP contribution in [0.3, 0.4) is 0 Å². The fraction of sp³-hybridized carbons (Fsp3) is 0.333. The Bertz CT molecular complexity index is 779. The van der Waals surface area contributed by atoms with Gasteiger partial charge in [0.05, 0.1) is 26.6 Å². The highest BCUT2D eigenvalue weighted by Gasteiger charge is 2.24. The highest BCUT2D eigenvalue weighted by molar-refractivity contribution is 5.73. The summed E-state index contributed by atoms with van der Waals surface area (Å²) in [6.45, 7) is 1.02. The second kappa shape index (κ2) is 8.63. The molecule has 0 saturated carbocycles. The number of benzene rings is 2. The van der Waals surface area contributed by atoms with Crippen LogP contribution in [0.4, 0.5) is 0 Å². The molecule has 1 aliphatic heterocycles. The van der Waals surface area contributed by atoms with Gasteiger partial charge in [0, 0.05) is 0 Å². The molecule has 3 rings (SSSR count). The number of epoxide rings is 1. The smallest absolute Gasteiger partial charge is 0.310 e. The third-order valence-electron chi connectivity index (χ3n) is 4.15. The van der Waals surface area contributed by atoms with E-state index >= 15 is 0 Å². The second-order valence-corrected chi connectivity index (χ2v) is 6.38. The van der Waals surface area contributed by atoms with Crippen molar-refractivity contribution >= 4 is 11.9 Å². The average molecular weight is 354 g/mol. The normalized spacial score (nSPS) is 15.3. The first-order valence-electron chi connectivity index (χ1n) is 8.62. The Labute approximate surface area is 152 Å². The zero-order valence-electron chi connectivity index (χ0n) is 14.8. The fourth-order valence-electron chi connectivity index (χ4n) is 2.74. The van der Waals surface area contributed by atoms with E-state index in [-0.39, 0.29) is 30.9 Å². The molecule has 0 aromatic heterocycles. The number of hydrogen-bond donors (Lipinski definition) is 0. The van der Waals surface area contributed by atoms with Crippen LogP contribution in [0.25, 0.3) is 0 Å². The summed E-state index contributed by atoms with van der Waals surface area (Å²) in [5, 5.41) is 0. The van der Waals surface area contributed by atoms with Gasteiger partial charge in [-0.3, -0.25) is 9.59 Å². The average Bonchev–Trinajstić information content (AvgIpc) is 3.45. The van der Waals surface area contributed by atoms with E-state index in [0.29, 0.717) is 13.2 Å². The largest absolute Gasteiger partial charge is 0.469 e. The molecule has 136 valence electrons.